The zero-order valence-electron chi connectivity index (χ0n) is 8.79. The standard InChI is InChI=1S/C13H14S/c1-4-5-6-13(14-3)12-9-7-11(2)8-10-12/h6-10H,1-3H3/b13-6+. The van der Waals surface area contributed by atoms with Crippen LogP contribution in [0.3, 0.4) is 0 Å². The van der Waals surface area contributed by atoms with Crippen LogP contribution in [0.2, 0.25) is 0 Å². The fourth-order valence-corrected chi connectivity index (χ4v) is 1.66. The molecule has 1 aromatic carbocycles. The molecule has 0 fully saturated rings. The number of rotatable bonds is 2. The Balaban J connectivity index is 2.99. The molecule has 0 bridgehead atoms. The SMILES string of the molecule is CC#C/C=C(/SC)c1ccc(C)cc1. The molecule has 0 saturated carbocycles. The number of hydrogen-bond donors (Lipinski definition) is 0. The Morgan fingerprint density at radius 1 is 1.29 bits per heavy atom. The van der Waals surface area contributed by atoms with Gasteiger partial charge in [-0.1, -0.05) is 35.7 Å². The normalized spacial score (nSPS) is 10.6. The van der Waals surface area contributed by atoms with E-state index in [-0.39, 0.29) is 0 Å². The summed E-state index contributed by atoms with van der Waals surface area (Å²) in [4.78, 5) is 1.22. The minimum atomic E-state index is 1.22. The second-order valence-corrected chi connectivity index (χ2v) is 3.82. The Morgan fingerprint density at radius 2 is 1.93 bits per heavy atom. The van der Waals surface area contributed by atoms with Gasteiger partial charge in [0.25, 0.3) is 0 Å². The number of allylic oxidation sites excluding steroid dienone is 1. The van der Waals surface area contributed by atoms with E-state index in [1.165, 1.54) is 16.0 Å². The first kappa shape index (κ1) is 10.9. The van der Waals surface area contributed by atoms with Gasteiger partial charge in [-0.25, -0.2) is 0 Å². The van der Waals surface area contributed by atoms with Crippen molar-refractivity contribution in [3.8, 4) is 11.8 Å². The van der Waals surface area contributed by atoms with Gasteiger partial charge in [0.15, 0.2) is 0 Å². The zero-order chi connectivity index (χ0) is 10.4. The molecule has 1 aromatic rings. The van der Waals surface area contributed by atoms with Gasteiger partial charge in [-0.15, -0.1) is 17.7 Å². The van der Waals surface area contributed by atoms with E-state index in [9.17, 15) is 0 Å². The van der Waals surface area contributed by atoms with Crippen molar-refractivity contribution in [2.75, 3.05) is 6.26 Å². The van der Waals surface area contributed by atoms with Crippen LogP contribution in [0.1, 0.15) is 18.1 Å². The Morgan fingerprint density at radius 3 is 2.43 bits per heavy atom. The van der Waals surface area contributed by atoms with Gasteiger partial charge in [-0.2, -0.15) is 0 Å². The van der Waals surface area contributed by atoms with Crippen molar-refractivity contribution in [3.63, 3.8) is 0 Å². The van der Waals surface area contributed by atoms with Gasteiger partial charge in [0.05, 0.1) is 0 Å². The molecule has 0 nitrogen and oxygen atoms in total. The van der Waals surface area contributed by atoms with Crippen LogP contribution in [0.5, 0.6) is 0 Å². The van der Waals surface area contributed by atoms with Gasteiger partial charge in [0.1, 0.15) is 0 Å². The van der Waals surface area contributed by atoms with Crippen molar-refractivity contribution in [1.82, 2.24) is 0 Å². The van der Waals surface area contributed by atoms with Crippen LogP contribution in [-0.4, -0.2) is 6.26 Å². The van der Waals surface area contributed by atoms with Crippen LogP contribution < -0.4 is 0 Å². The molecular weight excluding hydrogens is 188 g/mol. The molecule has 0 aromatic heterocycles. The lowest BCUT2D eigenvalue weighted by Crippen LogP contribution is -1.79. The van der Waals surface area contributed by atoms with Crippen LogP contribution in [0.15, 0.2) is 30.3 Å². The molecule has 0 aliphatic carbocycles. The summed E-state index contributed by atoms with van der Waals surface area (Å²) in [6.07, 6.45) is 4.04. The Bertz CT molecular complexity index is 374. The van der Waals surface area contributed by atoms with E-state index in [0.717, 1.165) is 0 Å². The highest BCUT2D eigenvalue weighted by Gasteiger charge is 1.97. The summed E-state index contributed by atoms with van der Waals surface area (Å²) in [5.74, 6) is 5.85. The lowest BCUT2D eigenvalue weighted by Gasteiger charge is -2.02. The van der Waals surface area contributed by atoms with Crippen molar-refractivity contribution in [3.05, 3.63) is 41.5 Å². The quantitative estimate of drug-likeness (QED) is 0.659. The summed E-state index contributed by atoms with van der Waals surface area (Å²) in [7, 11) is 0. The smallest absolute Gasteiger partial charge is 0.0225 e. The van der Waals surface area contributed by atoms with Crippen molar-refractivity contribution < 1.29 is 0 Å². The number of hydrogen-bond acceptors (Lipinski definition) is 1. The molecule has 1 heteroatoms. The maximum atomic E-state index is 2.98. The number of aryl methyl sites for hydroxylation is 1. The Hall–Kier alpha value is -1.13. The molecule has 0 unspecified atom stereocenters. The van der Waals surface area contributed by atoms with E-state index in [2.05, 4.69) is 49.3 Å². The molecule has 0 heterocycles. The van der Waals surface area contributed by atoms with Gasteiger partial charge in [-0.05, 0) is 25.7 Å². The van der Waals surface area contributed by atoms with Crippen LogP contribution in [0.25, 0.3) is 4.91 Å². The summed E-state index contributed by atoms with van der Waals surface area (Å²) in [6.45, 7) is 3.95. The summed E-state index contributed by atoms with van der Waals surface area (Å²) < 4.78 is 0. The minimum absolute atomic E-state index is 1.22. The van der Waals surface area contributed by atoms with Gasteiger partial charge in [0, 0.05) is 11.0 Å². The molecule has 0 aliphatic rings. The first-order valence-electron chi connectivity index (χ1n) is 4.51. The molecule has 0 spiro atoms. The molecule has 72 valence electrons. The maximum absolute atomic E-state index is 2.98. The average molecular weight is 202 g/mol. The van der Waals surface area contributed by atoms with Crippen molar-refractivity contribution in [2.24, 2.45) is 0 Å². The molecule has 0 saturated heterocycles. The van der Waals surface area contributed by atoms with E-state index in [1.807, 2.05) is 13.0 Å². The van der Waals surface area contributed by atoms with Gasteiger partial charge in [0.2, 0.25) is 0 Å². The third-order valence-corrected chi connectivity index (χ3v) is 2.70. The molecule has 14 heavy (non-hydrogen) atoms. The lowest BCUT2D eigenvalue weighted by atomic mass is 10.1. The molecule has 0 amide bonds. The van der Waals surface area contributed by atoms with Gasteiger partial charge < -0.3 is 0 Å². The minimum Gasteiger partial charge on any atom is -0.128 e. The van der Waals surface area contributed by atoms with Gasteiger partial charge in [-0.3, -0.25) is 0 Å². The molecule has 0 atom stereocenters. The lowest BCUT2D eigenvalue weighted by molar-refractivity contribution is 1.46. The van der Waals surface area contributed by atoms with E-state index in [0.29, 0.717) is 0 Å². The highest BCUT2D eigenvalue weighted by molar-refractivity contribution is 8.07. The van der Waals surface area contributed by atoms with E-state index in [1.54, 1.807) is 11.8 Å². The second kappa shape index (κ2) is 5.57. The van der Waals surface area contributed by atoms with Gasteiger partial charge >= 0.3 is 0 Å². The van der Waals surface area contributed by atoms with Crippen LogP contribution in [0.4, 0.5) is 0 Å². The van der Waals surface area contributed by atoms with E-state index < -0.39 is 0 Å². The molecule has 1 rings (SSSR count). The van der Waals surface area contributed by atoms with Crippen LogP contribution in [-0.2, 0) is 0 Å². The van der Waals surface area contributed by atoms with Crippen molar-refractivity contribution in [1.29, 1.82) is 0 Å². The highest BCUT2D eigenvalue weighted by Crippen LogP contribution is 2.24. The summed E-state index contributed by atoms with van der Waals surface area (Å²) in [5.41, 5.74) is 2.53. The fraction of sp³-hybridized carbons (Fsp3) is 0.231. The molecule has 0 aliphatic heterocycles. The Kier molecular flexibility index (Phi) is 4.35. The predicted molar refractivity (Wildman–Crippen MR) is 66.1 cm³/mol. The average Bonchev–Trinajstić information content (AvgIpc) is 2.21. The topological polar surface area (TPSA) is 0 Å². The molecule has 0 N–H and O–H groups in total. The monoisotopic (exact) mass is 202 g/mol. The maximum Gasteiger partial charge on any atom is 0.0225 e. The van der Waals surface area contributed by atoms with Crippen LogP contribution in [0, 0.1) is 18.8 Å². The van der Waals surface area contributed by atoms with Crippen molar-refractivity contribution >= 4 is 16.7 Å². The summed E-state index contributed by atoms with van der Waals surface area (Å²) in [6, 6.07) is 8.52. The first-order valence-corrected chi connectivity index (χ1v) is 5.74. The first-order chi connectivity index (χ1) is 6.77. The second-order valence-electron chi connectivity index (χ2n) is 2.97. The number of benzene rings is 1. The van der Waals surface area contributed by atoms with E-state index >= 15 is 0 Å². The summed E-state index contributed by atoms with van der Waals surface area (Å²) >= 11 is 1.73. The third-order valence-electron chi connectivity index (χ3n) is 1.90. The van der Waals surface area contributed by atoms with E-state index in [4.69, 9.17) is 0 Å². The zero-order valence-corrected chi connectivity index (χ0v) is 9.61. The largest absolute Gasteiger partial charge is 0.128 e. The number of thioether (sulfide) groups is 1. The summed E-state index contributed by atoms with van der Waals surface area (Å²) in [5, 5.41) is 0. The molecule has 0 radical (unpaired) electrons. The Labute approximate surface area is 90.4 Å². The fourth-order valence-electron chi connectivity index (χ4n) is 1.12. The van der Waals surface area contributed by atoms with Crippen LogP contribution >= 0.6 is 11.8 Å². The molecular formula is C13H14S. The highest BCUT2D eigenvalue weighted by atomic mass is 32.2. The van der Waals surface area contributed by atoms with Crippen molar-refractivity contribution in [2.45, 2.75) is 13.8 Å². The predicted octanol–water partition coefficient (Wildman–Crippen LogP) is 3.72. The third kappa shape index (κ3) is 2.97.